The Balaban J connectivity index is 2.07. The predicted octanol–water partition coefficient (Wildman–Crippen LogP) is 1.45. The molecular weight excluding hydrogens is 464 g/mol. The number of aliphatic hydroxyl groups excluding tert-OH is 1. The Kier molecular flexibility index (Phi) is 6.23. The summed E-state index contributed by atoms with van der Waals surface area (Å²) in [6.45, 7) is -0.317. The molecule has 0 saturated heterocycles. The molecule has 150 valence electrons. The summed E-state index contributed by atoms with van der Waals surface area (Å²) in [5, 5.41) is 11.5. The third-order valence-corrected chi connectivity index (χ3v) is 5.00. The number of nitrogens with zero attached hydrogens (tertiary/aromatic N) is 2. The molecule has 3 N–H and O–H groups in total. The van der Waals surface area contributed by atoms with Gasteiger partial charge >= 0.3 is 0 Å². The second-order valence-corrected chi connectivity index (χ2v) is 8.36. The summed E-state index contributed by atoms with van der Waals surface area (Å²) in [6, 6.07) is 6.54. The zero-order chi connectivity index (χ0) is 21.3. The van der Waals surface area contributed by atoms with E-state index in [4.69, 9.17) is 16.4 Å². The number of aryl methyl sites for hydroxylation is 1. The number of nitrogens with one attached hydrogen (secondary N) is 2. The van der Waals surface area contributed by atoms with E-state index in [1.165, 1.54) is 12.4 Å². The molecule has 3 aromatic rings. The van der Waals surface area contributed by atoms with Gasteiger partial charge in [0.05, 0.1) is 45.8 Å². The molecule has 2 aromatic carbocycles. The number of benzene rings is 2. The highest BCUT2D eigenvalue weighted by Crippen LogP contribution is 2.34. The van der Waals surface area contributed by atoms with Crippen molar-refractivity contribution in [2.45, 2.75) is 5.40 Å². The lowest BCUT2D eigenvalue weighted by Gasteiger charge is -2.23. The fraction of sp³-hybridized carbons (Fsp3) is 0.176. The smallest absolute Gasteiger partial charge is 0.277 e. The molecule has 0 spiro atoms. The van der Waals surface area contributed by atoms with E-state index < -0.39 is 17.1 Å². The van der Waals surface area contributed by atoms with Crippen molar-refractivity contribution in [1.82, 2.24) is 15.0 Å². The zero-order valence-corrected chi connectivity index (χ0v) is 18.2. The van der Waals surface area contributed by atoms with Gasteiger partial charge in [0.2, 0.25) is 0 Å². The number of halogens is 3. The third kappa shape index (κ3) is 4.58. The molecule has 3 rings (SSSR count). The molecule has 0 bridgehead atoms. The SMILES string of the molecule is BC(B)(CO)ONC(=O)c1cc2c(ncn2C)c(F)c1Nc1ccc(Br)cc1Cl. The van der Waals surface area contributed by atoms with Crippen molar-refractivity contribution in [1.29, 1.82) is 0 Å². The minimum absolute atomic E-state index is 0.00803. The van der Waals surface area contributed by atoms with E-state index in [0.29, 0.717) is 16.2 Å². The van der Waals surface area contributed by atoms with Crippen molar-refractivity contribution < 1.29 is 19.1 Å². The standard InChI is InChI=1S/C17H17B2BrClFN4O3/c1-26-7-23-15-12(26)5-9(16(28)25-29-17(18,19)6-27)14(13(15)22)24-11-3-2-8(20)4-10(11)21/h2-5,7,24,27H,6,18-19H2,1H3,(H,25,28). The van der Waals surface area contributed by atoms with Gasteiger partial charge in [-0.2, -0.15) is 0 Å². The van der Waals surface area contributed by atoms with Gasteiger partial charge in [-0.3, -0.25) is 9.63 Å². The van der Waals surface area contributed by atoms with Gasteiger partial charge in [-0.15, -0.1) is 0 Å². The van der Waals surface area contributed by atoms with Gasteiger partial charge in [-0.05, 0) is 24.3 Å². The molecule has 1 amide bonds. The van der Waals surface area contributed by atoms with E-state index in [1.807, 2.05) is 0 Å². The molecule has 0 aliphatic rings. The molecule has 0 atom stereocenters. The first-order chi connectivity index (χ1) is 13.6. The number of anilines is 2. The van der Waals surface area contributed by atoms with Crippen LogP contribution >= 0.6 is 27.5 Å². The van der Waals surface area contributed by atoms with Crippen molar-refractivity contribution in [2.24, 2.45) is 7.05 Å². The fourth-order valence-corrected chi connectivity index (χ4v) is 3.24. The van der Waals surface area contributed by atoms with Crippen LogP contribution in [0.2, 0.25) is 5.02 Å². The number of hydrogen-bond donors (Lipinski definition) is 3. The fourth-order valence-electron chi connectivity index (χ4n) is 2.52. The third-order valence-electron chi connectivity index (χ3n) is 4.20. The molecule has 0 saturated carbocycles. The van der Waals surface area contributed by atoms with Crippen molar-refractivity contribution >= 4 is 71.5 Å². The number of carbonyl (C=O) groups excluding carboxylic acids is 1. The summed E-state index contributed by atoms with van der Waals surface area (Å²) in [6.07, 6.45) is 1.46. The van der Waals surface area contributed by atoms with Gasteiger partial charge in [0.15, 0.2) is 5.82 Å². The largest absolute Gasteiger partial charge is 0.395 e. The number of imidazole rings is 1. The Labute approximate surface area is 181 Å². The summed E-state index contributed by atoms with van der Waals surface area (Å²) in [4.78, 5) is 22.1. The van der Waals surface area contributed by atoms with Crippen LogP contribution in [0.3, 0.4) is 0 Å². The number of fused-ring (bicyclic) bond motifs is 1. The number of carbonyl (C=O) groups is 1. The van der Waals surface area contributed by atoms with Crippen molar-refractivity contribution in [2.75, 3.05) is 11.9 Å². The van der Waals surface area contributed by atoms with Gasteiger partial charge in [0.25, 0.3) is 5.91 Å². The van der Waals surface area contributed by atoms with Gasteiger partial charge in [-0.1, -0.05) is 27.5 Å². The van der Waals surface area contributed by atoms with E-state index in [9.17, 15) is 9.90 Å². The van der Waals surface area contributed by atoms with Crippen LogP contribution in [-0.4, -0.2) is 48.3 Å². The second-order valence-electron chi connectivity index (χ2n) is 7.04. The monoisotopic (exact) mass is 480 g/mol. The Bertz CT molecular complexity index is 1100. The first-order valence-electron chi connectivity index (χ1n) is 8.58. The summed E-state index contributed by atoms with van der Waals surface area (Å²) in [5.41, 5.74) is 3.12. The normalized spacial score (nSPS) is 11.6. The number of amides is 1. The van der Waals surface area contributed by atoms with Crippen LogP contribution in [0.15, 0.2) is 35.1 Å². The highest BCUT2D eigenvalue weighted by Gasteiger charge is 2.24. The van der Waals surface area contributed by atoms with Crippen LogP contribution in [0.4, 0.5) is 15.8 Å². The molecule has 0 unspecified atom stereocenters. The van der Waals surface area contributed by atoms with Crippen LogP contribution in [0, 0.1) is 5.82 Å². The van der Waals surface area contributed by atoms with E-state index in [-0.39, 0.29) is 23.4 Å². The van der Waals surface area contributed by atoms with Crippen LogP contribution in [0.5, 0.6) is 0 Å². The van der Waals surface area contributed by atoms with Gasteiger partial charge in [-0.25, -0.2) is 14.9 Å². The highest BCUT2D eigenvalue weighted by atomic mass is 79.9. The number of hydroxylamine groups is 1. The van der Waals surface area contributed by atoms with Gasteiger partial charge < -0.3 is 15.0 Å². The molecule has 0 fully saturated rings. The minimum Gasteiger partial charge on any atom is -0.395 e. The molecule has 1 aromatic heterocycles. The first kappa shape index (κ1) is 21.6. The molecule has 1 heterocycles. The lowest BCUT2D eigenvalue weighted by Crippen LogP contribution is -2.44. The van der Waals surface area contributed by atoms with Crippen LogP contribution in [0.1, 0.15) is 10.4 Å². The molecule has 12 heteroatoms. The topological polar surface area (TPSA) is 88.4 Å². The number of rotatable bonds is 6. The average molecular weight is 481 g/mol. The van der Waals surface area contributed by atoms with Crippen LogP contribution in [0.25, 0.3) is 11.0 Å². The number of aliphatic hydroxyl groups is 1. The van der Waals surface area contributed by atoms with E-state index in [2.05, 4.69) is 31.7 Å². The maximum absolute atomic E-state index is 15.3. The lowest BCUT2D eigenvalue weighted by atomic mass is 9.66. The predicted molar refractivity (Wildman–Crippen MR) is 119 cm³/mol. The quantitative estimate of drug-likeness (QED) is 0.367. The summed E-state index contributed by atoms with van der Waals surface area (Å²) < 4.78 is 17.6. The summed E-state index contributed by atoms with van der Waals surface area (Å²) in [5.74, 6) is -1.39. The Morgan fingerprint density at radius 3 is 2.83 bits per heavy atom. The molecule has 7 nitrogen and oxygen atoms in total. The van der Waals surface area contributed by atoms with Crippen LogP contribution < -0.4 is 10.8 Å². The van der Waals surface area contributed by atoms with Crippen molar-refractivity contribution in [3.63, 3.8) is 0 Å². The lowest BCUT2D eigenvalue weighted by molar-refractivity contribution is -0.0235. The van der Waals surface area contributed by atoms with Gasteiger partial charge in [0.1, 0.15) is 21.2 Å². The second kappa shape index (κ2) is 8.35. The molecule has 0 radical (unpaired) electrons. The zero-order valence-electron chi connectivity index (χ0n) is 15.9. The summed E-state index contributed by atoms with van der Waals surface area (Å²) >= 11 is 9.55. The molecule has 0 aliphatic carbocycles. The van der Waals surface area contributed by atoms with Crippen molar-refractivity contribution in [3.8, 4) is 0 Å². The maximum atomic E-state index is 15.3. The molecular formula is C17H17B2BrClFN4O3. The van der Waals surface area contributed by atoms with Crippen LogP contribution in [-0.2, 0) is 11.9 Å². The van der Waals surface area contributed by atoms with E-state index in [1.54, 1.807) is 45.5 Å². The molecule has 29 heavy (non-hydrogen) atoms. The highest BCUT2D eigenvalue weighted by molar-refractivity contribution is 9.10. The minimum atomic E-state index is -1.01. The van der Waals surface area contributed by atoms with Crippen molar-refractivity contribution in [3.05, 3.63) is 51.5 Å². The van der Waals surface area contributed by atoms with E-state index >= 15 is 4.39 Å². The summed E-state index contributed by atoms with van der Waals surface area (Å²) in [7, 11) is 4.89. The Morgan fingerprint density at radius 2 is 2.17 bits per heavy atom. The Morgan fingerprint density at radius 1 is 1.45 bits per heavy atom. The Hall–Kier alpha value is -2.07. The first-order valence-corrected chi connectivity index (χ1v) is 9.75. The number of hydrogen-bond acceptors (Lipinski definition) is 5. The average Bonchev–Trinajstić information content (AvgIpc) is 3.05. The number of aromatic nitrogens is 2. The maximum Gasteiger partial charge on any atom is 0.277 e. The van der Waals surface area contributed by atoms with Gasteiger partial charge in [0, 0.05) is 11.5 Å². The molecule has 0 aliphatic heterocycles. The van der Waals surface area contributed by atoms with E-state index in [0.717, 1.165) is 4.47 Å².